The van der Waals surface area contributed by atoms with Gasteiger partial charge in [-0.3, -0.25) is 0 Å². The number of sulfone groups is 1. The zero-order chi connectivity index (χ0) is 17.3. The monoisotopic (exact) mass is 355 g/mol. The van der Waals surface area contributed by atoms with E-state index in [9.17, 15) is 8.42 Å². The van der Waals surface area contributed by atoms with Crippen LogP contribution in [0.1, 0.15) is 12.0 Å². The van der Waals surface area contributed by atoms with E-state index in [1.807, 2.05) is 12.1 Å². The van der Waals surface area contributed by atoms with Crippen LogP contribution < -0.4 is 5.32 Å². The first-order valence-electron chi connectivity index (χ1n) is 8.81. The first-order valence-corrected chi connectivity index (χ1v) is 10.6. The number of benzene rings is 2. The molecule has 0 radical (unpaired) electrons. The van der Waals surface area contributed by atoms with Crippen LogP contribution in [-0.2, 0) is 16.3 Å². The molecule has 1 aromatic heterocycles. The third kappa shape index (κ3) is 3.48. The van der Waals surface area contributed by atoms with Gasteiger partial charge in [-0.25, -0.2) is 8.42 Å². The van der Waals surface area contributed by atoms with Crippen LogP contribution in [-0.4, -0.2) is 37.5 Å². The molecule has 0 spiro atoms. The molecule has 1 atom stereocenters. The zero-order valence-electron chi connectivity index (χ0n) is 14.1. The lowest BCUT2D eigenvalue weighted by Crippen LogP contribution is -2.90. The third-order valence-electron chi connectivity index (χ3n) is 5.04. The molecular weight excluding hydrogens is 332 g/mol. The Morgan fingerprint density at radius 1 is 1.04 bits per heavy atom. The number of aromatic amines is 1. The smallest absolute Gasteiger partial charge is 0.156 e. The number of fused-ring (bicyclic) bond motifs is 1. The van der Waals surface area contributed by atoms with Crippen molar-refractivity contribution in [1.82, 2.24) is 4.98 Å². The van der Waals surface area contributed by atoms with Crippen molar-refractivity contribution in [1.29, 1.82) is 0 Å². The van der Waals surface area contributed by atoms with Gasteiger partial charge in [0.15, 0.2) is 9.84 Å². The molecule has 3 N–H and O–H groups in total. The first-order chi connectivity index (χ1) is 12.1. The molecule has 4 nitrogen and oxygen atoms in total. The average molecular weight is 355 g/mol. The minimum absolute atomic E-state index is 0.218. The minimum atomic E-state index is -2.80. The van der Waals surface area contributed by atoms with Gasteiger partial charge in [0.1, 0.15) is 11.8 Å². The molecule has 2 heterocycles. The quantitative estimate of drug-likeness (QED) is 0.736. The Kier molecular flexibility index (Phi) is 4.36. The fraction of sp³-hybridized carbons (Fsp3) is 0.300. The maximum Gasteiger partial charge on any atom is 0.156 e. The number of nitrogens with one attached hydrogen (secondary N) is 1. The molecule has 1 fully saturated rings. The van der Waals surface area contributed by atoms with Crippen LogP contribution in [0.5, 0.6) is 0 Å². The van der Waals surface area contributed by atoms with E-state index in [0.717, 1.165) is 24.9 Å². The lowest BCUT2D eigenvalue weighted by atomic mass is 10.0. The van der Waals surface area contributed by atoms with Crippen LogP contribution >= 0.6 is 0 Å². The van der Waals surface area contributed by atoms with Crippen molar-refractivity contribution in [3.63, 3.8) is 0 Å². The number of rotatable bonds is 5. The molecule has 130 valence electrons. The SMILES string of the molecule is O=S1(=O)CCC([NH2+]CCc2c(-c3ccccc3)[nH]c3ccccc23)C1. The second kappa shape index (κ2) is 6.65. The molecule has 5 heteroatoms. The molecule has 4 rings (SSSR count). The van der Waals surface area contributed by atoms with Crippen molar-refractivity contribution in [2.45, 2.75) is 18.9 Å². The predicted octanol–water partition coefficient (Wildman–Crippen LogP) is 2.13. The summed E-state index contributed by atoms with van der Waals surface area (Å²) in [6.07, 6.45) is 1.70. The van der Waals surface area contributed by atoms with Crippen molar-refractivity contribution < 1.29 is 13.7 Å². The van der Waals surface area contributed by atoms with Gasteiger partial charge in [0, 0.05) is 29.4 Å². The molecule has 25 heavy (non-hydrogen) atoms. The van der Waals surface area contributed by atoms with E-state index >= 15 is 0 Å². The van der Waals surface area contributed by atoms with Crippen molar-refractivity contribution in [2.24, 2.45) is 0 Å². The van der Waals surface area contributed by atoms with E-state index in [4.69, 9.17) is 0 Å². The zero-order valence-corrected chi connectivity index (χ0v) is 14.9. The highest BCUT2D eigenvalue weighted by molar-refractivity contribution is 7.91. The molecule has 1 saturated heterocycles. The third-order valence-corrected chi connectivity index (χ3v) is 6.83. The summed E-state index contributed by atoms with van der Waals surface area (Å²) in [6.45, 7) is 0.905. The van der Waals surface area contributed by atoms with E-state index in [-0.39, 0.29) is 6.04 Å². The highest BCUT2D eigenvalue weighted by Crippen LogP contribution is 2.30. The van der Waals surface area contributed by atoms with Gasteiger partial charge in [-0.05, 0) is 17.2 Å². The lowest BCUT2D eigenvalue weighted by molar-refractivity contribution is -0.683. The molecule has 0 amide bonds. The second-order valence-corrected chi connectivity index (χ2v) is 9.06. The summed E-state index contributed by atoms with van der Waals surface area (Å²) < 4.78 is 23.2. The van der Waals surface area contributed by atoms with Crippen LogP contribution in [0.15, 0.2) is 54.6 Å². The van der Waals surface area contributed by atoms with E-state index < -0.39 is 9.84 Å². The molecule has 2 aromatic carbocycles. The molecule has 0 saturated carbocycles. The Balaban J connectivity index is 1.58. The van der Waals surface area contributed by atoms with Gasteiger partial charge in [-0.15, -0.1) is 0 Å². The fourth-order valence-corrected chi connectivity index (χ4v) is 5.57. The Morgan fingerprint density at radius 2 is 1.80 bits per heavy atom. The van der Waals surface area contributed by atoms with Crippen molar-refractivity contribution in [3.8, 4) is 11.3 Å². The number of para-hydroxylation sites is 1. The molecule has 1 aliphatic rings. The summed E-state index contributed by atoms with van der Waals surface area (Å²) in [6, 6.07) is 19.0. The highest BCUT2D eigenvalue weighted by Gasteiger charge is 2.30. The molecule has 0 aliphatic carbocycles. The molecular formula is C20H23N2O2S+. The van der Waals surface area contributed by atoms with Gasteiger partial charge in [0.2, 0.25) is 0 Å². The summed E-state index contributed by atoms with van der Waals surface area (Å²) in [7, 11) is -2.80. The van der Waals surface area contributed by atoms with Gasteiger partial charge in [0.05, 0.1) is 12.3 Å². The van der Waals surface area contributed by atoms with Crippen molar-refractivity contribution in [2.75, 3.05) is 18.1 Å². The van der Waals surface area contributed by atoms with Crippen molar-refractivity contribution in [3.05, 3.63) is 60.2 Å². The summed E-state index contributed by atoms with van der Waals surface area (Å²) in [5, 5.41) is 3.47. The largest absolute Gasteiger partial charge is 0.354 e. The van der Waals surface area contributed by atoms with Gasteiger partial charge < -0.3 is 10.3 Å². The number of hydrogen-bond donors (Lipinski definition) is 2. The van der Waals surface area contributed by atoms with E-state index in [2.05, 4.69) is 52.8 Å². The second-order valence-electron chi connectivity index (χ2n) is 6.83. The standard InChI is InChI=1S/C20H22N2O2S/c23-25(24)13-11-16(14-25)21-12-10-18-17-8-4-5-9-19(17)22-20(18)15-6-2-1-3-7-15/h1-9,16,21-22H,10-14H2/p+1. The number of quaternary nitrogens is 1. The van der Waals surface area contributed by atoms with Crippen LogP contribution in [0.25, 0.3) is 22.2 Å². The molecule has 1 aliphatic heterocycles. The Bertz CT molecular complexity index is 977. The topological polar surface area (TPSA) is 66.5 Å². The number of aromatic nitrogens is 1. The van der Waals surface area contributed by atoms with E-state index in [0.29, 0.717) is 11.5 Å². The van der Waals surface area contributed by atoms with Crippen LogP contribution in [0.2, 0.25) is 0 Å². The van der Waals surface area contributed by atoms with Crippen LogP contribution in [0.4, 0.5) is 0 Å². The van der Waals surface area contributed by atoms with Gasteiger partial charge in [-0.2, -0.15) is 0 Å². The Labute approximate surface area is 148 Å². The van der Waals surface area contributed by atoms with E-state index in [1.54, 1.807) is 0 Å². The van der Waals surface area contributed by atoms with E-state index in [1.165, 1.54) is 22.2 Å². The minimum Gasteiger partial charge on any atom is -0.354 e. The molecule has 3 aromatic rings. The van der Waals surface area contributed by atoms with Gasteiger partial charge >= 0.3 is 0 Å². The maximum absolute atomic E-state index is 11.6. The maximum atomic E-state index is 11.6. The molecule has 1 unspecified atom stereocenters. The van der Waals surface area contributed by atoms with Crippen molar-refractivity contribution >= 4 is 20.7 Å². The predicted molar refractivity (Wildman–Crippen MR) is 101 cm³/mol. The Morgan fingerprint density at radius 3 is 2.56 bits per heavy atom. The highest BCUT2D eigenvalue weighted by atomic mass is 32.2. The van der Waals surface area contributed by atoms with Gasteiger partial charge in [-0.1, -0.05) is 48.5 Å². The normalized spacial score (nSPS) is 19.4. The Hall–Kier alpha value is -2.11. The summed E-state index contributed by atoms with van der Waals surface area (Å²) in [5.41, 5.74) is 4.84. The average Bonchev–Trinajstić information content (AvgIpc) is 3.16. The summed E-state index contributed by atoms with van der Waals surface area (Å²) >= 11 is 0. The van der Waals surface area contributed by atoms with Crippen LogP contribution in [0.3, 0.4) is 0 Å². The lowest BCUT2D eigenvalue weighted by Gasteiger charge is -2.09. The number of nitrogens with two attached hydrogens (primary N) is 1. The van der Waals surface area contributed by atoms with Gasteiger partial charge in [0.25, 0.3) is 0 Å². The fourth-order valence-electron chi connectivity index (χ4n) is 3.78. The molecule has 0 bridgehead atoms. The number of hydrogen-bond acceptors (Lipinski definition) is 2. The summed E-state index contributed by atoms with van der Waals surface area (Å²) in [4.78, 5) is 3.56. The number of H-pyrrole nitrogens is 1. The van der Waals surface area contributed by atoms with Crippen LogP contribution in [0, 0.1) is 0 Å². The first kappa shape index (κ1) is 16.4. The summed E-state index contributed by atoms with van der Waals surface area (Å²) in [5.74, 6) is 0.670.